The van der Waals surface area contributed by atoms with Crippen LogP contribution >= 0.6 is 11.8 Å². The predicted molar refractivity (Wildman–Crippen MR) is 41.2 cm³/mol. The van der Waals surface area contributed by atoms with E-state index in [1.54, 1.807) is 0 Å². The first-order valence-electron chi connectivity index (χ1n) is 3.82. The van der Waals surface area contributed by atoms with Gasteiger partial charge in [-0.2, -0.15) is 26.3 Å². The van der Waals surface area contributed by atoms with Crippen molar-refractivity contribution in [2.45, 2.75) is 19.3 Å². The molecular formula is C7H6F6OS. The second-order valence-corrected chi connectivity index (χ2v) is 4.40. The maximum atomic E-state index is 12.4. The van der Waals surface area contributed by atoms with Crippen LogP contribution in [0.1, 0.15) is 6.92 Å². The first-order chi connectivity index (χ1) is 6.52. The van der Waals surface area contributed by atoms with Crippen molar-refractivity contribution in [3.63, 3.8) is 0 Å². The number of halogens is 6. The van der Waals surface area contributed by atoms with Gasteiger partial charge in [-0.15, -0.1) is 0 Å². The Hall–Kier alpha value is -0.400. The molecule has 0 aromatic heterocycles. The molecule has 88 valence electrons. The molecule has 1 aliphatic heterocycles. The second kappa shape index (κ2) is 3.29. The Bertz CT molecular complexity index is 266. The molecule has 0 bridgehead atoms. The van der Waals surface area contributed by atoms with Gasteiger partial charge in [0.25, 0.3) is 0 Å². The van der Waals surface area contributed by atoms with Gasteiger partial charge in [0.15, 0.2) is 10.5 Å². The van der Waals surface area contributed by atoms with Crippen molar-refractivity contribution in [1.82, 2.24) is 0 Å². The fourth-order valence-electron chi connectivity index (χ4n) is 1.19. The first kappa shape index (κ1) is 12.7. The van der Waals surface area contributed by atoms with E-state index in [1.165, 1.54) is 0 Å². The lowest BCUT2D eigenvalue weighted by molar-refractivity contribution is -0.345. The molecule has 0 radical (unpaired) electrons. The highest BCUT2D eigenvalue weighted by Gasteiger charge is 2.73. The van der Waals surface area contributed by atoms with Gasteiger partial charge in [0.2, 0.25) is 0 Å². The van der Waals surface area contributed by atoms with Crippen LogP contribution in [0.25, 0.3) is 0 Å². The number of hydrogen-bond acceptors (Lipinski definition) is 2. The molecule has 1 nitrogen and oxygen atoms in total. The van der Waals surface area contributed by atoms with Crippen LogP contribution in [0.15, 0.2) is 0 Å². The normalized spacial score (nSPS) is 23.9. The van der Waals surface area contributed by atoms with E-state index in [9.17, 15) is 31.1 Å². The third-order valence-electron chi connectivity index (χ3n) is 2.55. The zero-order valence-electron chi connectivity index (χ0n) is 7.37. The molecule has 0 aliphatic carbocycles. The van der Waals surface area contributed by atoms with E-state index >= 15 is 0 Å². The molecule has 1 unspecified atom stereocenters. The highest BCUT2D eigenvalue weighted by molar-refractivity contribution is 8.15. The smallest absolute Gasteiger partial charge is 0.287 e. The Morgan fingerprint density at radius 2 is 1.53 bits per heavy atom. The summed E-state index contributed by atoms with van der Waals surface area (Å²) in [5.41, 5.74) is -3.93. The first-order valence-corrected chi connectivity index (χ1v) is 4.80. The fourth-order valence-corrected chi connectivity index (χ4v) is 2.23. The Kier molecular flexibility index (Phi) is 2.78. The van der Waals surface area contributed by atoms with E-state index in [-0.39, 0.29) is 6.92 Å². The van der Waals surface area contributed by atoms with E-state index in [1.807, 2.05) is 0 Å². The molecule has 0 N–H and O–H groups in total. The minimum absolute atomic E-state index is 0.0370. The molecule has 1 saturated heterocycles. The van der Waals surface area contributed by atoms with Gasteiger partial charge in [0.1, 0.15) is 0 Å². The van der Waals surface area contributed by atoms with E-state index in [2.05, 4.69) is 0 Å². The van der Waals surface area contributed by atoms with Crippen LogP contribution in [0, 0.1) is 11.3 Å². The van der Waals surface area contributed by atoms with Gasteiger partial charge in [-0.25, -0.2) is 0 Å². The Labute approximate surface area is 85.2 Å². The SMILES string of the molecule is CC(C1CSC1=O)(C(F)(F)F)C(F)(F)F. The fraction of sp³-hybridized carbons (Fsp3) is 0.857. The van der Waals surface area contributed by atoms with Crippen molar-refractivity contribution in [1.29, 1.82) is 0 Å². The minimum Gasteiger partial charge on any atom is -0.287 e. The molecule has 8 heteroatoms. The molecule has 1 heterocycles. The summed E-state index contributed by atoms with van der Waals surface area (Å²) in [6, 6.07) is 0. The zero-order chi connectivity index (χ0) is 12.1. The molecular weight excluding hydrogens is 246 g/mol. The van der Waals surface area contributed by atoms with Gasteiger partial charge in [-0.3, -0.25) is 4.79 Å². The average Bonchev–Trinajstić information content (AvgIpc) is 1.97. The molecule has 0 spiro atoms. The summed E-state index contributed by atoms with van der Waals surface area (Å²) < 4.78 is 74.2. The van der Waals surface area contributed by atoms with E-state index in [0.29, 0.717) is 11.8 Å². The maximum absolute atomic E-state index is 12.4. The van der Waals surface area contributed by atoms with Crippen molar-refractivity contribution >= 4 is 16.9 Å². The monoisotopic (exact) mass is 252 g/mol. The van der Waals surface area contributed by atoms with Crippen LogP contribution in [0.3, 0.4) is 0 Å². The second-order valence-electron chi connectivity index (χ2n) is 3.38. The van der Waals surface area contributed by atoms with Crippen LogP contribution in [0.5, 0.6) is 0 Å². The van der Waals surface area contributed by atoms with Crippen LogP contribution in [-0.2, 0) is 4.79 Å². The van der Waals surface area contributed by atoms with Crippen LogP contribution < -0.4 is 0 Å². The van der Waals surface area contributed by atoms with Gasteiger partial charge < -0.3 is 0 Å². The number of hydrogen-bond donors (Lipinski definition) is 0. The number of alkyl halides is 6. The third-order valence-corrected chi connectivity index (χ3v) is 3.62. The molecule has 0 amide bonds. The summed E-state index contributed by atoms with van der Waals surface area (Å²) in [7, 11) is 0. The highest BCUT2D eigenvalue weighted by Crippen LogP contribution is 2.58. The van der Waals surface area contributed by atoms with Crippen LogP contribution in [-0.4, -0.2) is 23.2 Å². The molecule has 0 saturated carbocycles. The summed E-state index contributed by atoms with van der Waals surface area (Å²) in [5.74, 6) is -2.45. The Balaban J connectivity index is 3.13. The summed E-state index contributed by atoms with van der Waals surface area (Å²) >= 11 is 0.488. The van der Waals surface area contributed by atoms with Crippen molar-refractivity contribution in [2.75, 3.05) is 5.75 Å². The summed E-state index contributed by atoms with van der Waals surface area (Å²) in [5, 5.41) is -1.05. The van der Waals surface area contributed by atoms with Crippen LogP contribution in [0.2, 0.25) is 0 Å². The lowest BCUT2D eigenvalue weighted by atomic mass is 9.76. The van der Waals surface area contributed by atoms with Crippen LogP contribution in [0.4, 0.5) is 26.3 Å². The molecule has 1 fully saturated rings. The van der Waals surface area contributed by atoms with E-state index < -0.39 is 34.6 Å². The Morgan fingerprint density at radius 3 is 1.60 bits per heavy atom. The number of carbonyl (C=O) groups excluding carboxylic acids is 1. The van der Waals surface area contributed by atoms with Gasteiger partial charge in [0.05, 0.1) is 5.92 Å². The summed E-state index contributed by atoms with van der Waals surface area (Å²) in [6.07, 6.45) is -10.9. The number of thioether (sulfide) groups is 1. The van der Waals surface area contributed by atoms with Gasteiger partial charge >= 0.3 is 12.4 Å². The quantitative estimate of drug-likeness (QED) is 0.667. The number of carbonyl (C=O) groups is 1. The van der Waals surface area contributed by atoms with Crippen molar-refractivity contribution in [3.8, 4) is 0 Å². The lowest BCUT2D eigenvalue weighted by Crippen LogP contribution is -2.58. The minimum atomic E-state index is -5.47. The molecule has 1 rings (SSSR count). The summed E-state index contributed by atoms with van der Waals surface area (Å²) in [6.45, 7) is 0.0370. The van der Waals surface area contributed by atoms with Crippen molar-refractivity contribution in [3.05, 3.63) is 0 Å². The van der Waals surface area contributed by atoms with E-state index in [4.69, 9.17) is 0 Å². The Morgan fingerprint density at radius 1 is 1.13 bits per heavy atom. The topological polar surface area (TPSA) is 17.1 Å². The summed E-state index contributed by atoms with van der Waals surface area (Å²) in [4.78, 5) is 10.7. The molecule has 1 aliphatic rings. The average molecular weight is 252 g/mol. The molecule has 0 aromatic carbocycles. The number of rotatable bonds is 1. The molecule has 0 aromatic rings. The van der Waals surface area contributed by atoms with Crippen molar-refractivity contribution < 1.29 is 31.1 Å². The van der Waals surface area contributed by atoms with E-state index in [0.717, 1.165) is 0 Å². The predicted octanol–water partition coefficient (Wildman–Crippen LogP) is 3.01. The maximum Gasteiger partial charge on any atom is 0.403 e. The molecule has 15 heavy (non-hydrogen) atoms. The van der Waals surface area contributed by atoms with Gasteiger partial charge in [-0.1, -0.05) is 11.8 Å². The standard InChI is InChI=1S/C7H6F6OS/c1-5(6(8,9)10,7(11,12)13)3-2-15-4(3)14/h3H,2H2,1H3. The third kappa shape index (κ3) is 1.72. The zero-order valence-corrected chi connectivity index (χ0v) is 8.19. The van der Waals surface area contributed by atoms with Gasteiger partial charge in [0, 0.05) is 5.75 Å². The van der Waals surface area contributed by atoms with Crippen molar-refractivity contribution in [2.24, 2.45) is 11.3 Å². The lowest BCUT2D eigenvalue weighted by Gasteiger charge is -2.42. The largest absolute Gasteiger partial charge is 0.403 e. The molecule has 1 atom stereocenters. The van der Waals surface area contributed by atoms with Gasteiger partial charge in [-0.05, 0) is 6.92 Å². The highest BCUT2D eigenvalue weighted by atomic mass is 32.2.